The molecule has 0 atom stereocenters. The van der Waals surface area contributed by atoms with Gasteiger partial charge in [-0.1, -0.05) is 59.2 Å². The maximum Gasteiger partial charge on any atom is 0.230 e. The second-order valence-electron chi connectivity index (χ2n) is 6.05. The molecule has 1 N–H and O–H groups in total. The molecule has 0 aliphatic rings. The zero-order valence-electron chi connectivity index (χ0n) is 15.8. The summed E-state index contributed by atoms with van der Waals surface area (Å²) in [5.41, 5.74) is 0.989. The third kappa shape index (κ3) is 6.13. The SMILES string of the molecule is CCn1c(COc2ccccc2Cl)nnc1SCC(=O)NCc1ccc(Cl)cc1. The summed E-state index contributed by atoms with van der Waals surface area (Å²) in [6.45, 7) is 3.36. The number of carbonyl (C=O) groups is 1. The van der Waals surface area contributed by atoms with Crippen molar-refractivity contribution in [2.75, 3.05) is 5.75 Å². The molecule has 0 radical (unpaired) electrons. The molecule has 1 amide bonds. The minimum Gasteiger partial charge on any atom is -0.484 e. The van der Waals surface area contributed by atoms with Crippen molar-refractivity contribution in [2.24, 2.45) is 0 Å². The van der Waals surface area contributed by atoms with Gasteiger partial charge >= 0.3 is 0 Å². The fourth-order valence-electron chi connectivity index (χ4n) is 2.54. The first-order valence-electron chi connectivity index (χ1n) is 9.00. The van der Waals surface area contributed by atoms with Crippen molar-refractivity contribution < 1.29 is 9.53 Å². The quantitative estimate of drug-likeness (QED) is 0.482. The Hall–Kier alpha value is -2.22. The maximum absolute atomic E-state index is 12.2. The van der Waals surface area contributed by atoms with Crippen molar-refractivity contribution in [3.8, 4) is 5.75 Å². The smallest absolute Gasteiger partial charge is 0.230 e. The standard InChI is InChI=1S/C20H20Cl2N4O2S/c1-2-26-18(12-28-17-6-4-3-5-16(17)22)24-25-20(26)29-13-19(27)23-11-14-7-9-15(21)10-8-14/h3-10H,2,11-13H2,1H3,(H,23,27). The van der Waals surface area contributed by atoms with Crippen molar-refractivity contribution >= 4 is 40.9 Å². The van der Waals surface area contributed by atoms with E-state index in [0.29, 0.717) is 39.9 Å². The highest BCUT2D eigenvalue weighted by atomic mass is 35.5. The monoisotopic (exact) mass is 450 g/mol. The summed E-state index contributed by atoms with van der Waals surface area (Å²) in [5.74, 6) is 1.44. The van der Waals surface area contributed by atoms with E-state index in [1.807, 2.05) is 35.8 Å². The molecule has 0 fully saturated rings. The lowest BCUT2D eigenvalue weighted by molar-refractivity contribution is -0.118. The predicted octanol–water partition coefficient (Wildman–Crippen LogP) is 4.59. The van der Waals surface area contributed by atoms with E-state index in [9.17, 15) is 4.79 Å². The summed E-state index contributed by atoms with van der Waals surface area (Å²) in [6.07, 6.45) is 0. The molecule has 0 aliphatic carbocycles. The van der Waals surface area contributed by atoms with E-state index in [0.717, 1.165) is 5.56 Å². The van der Waals surface area contributed by atoms with Crippen LogP contribution in [0.3, 0.4) is 0 Å². The average molecular weight is 451 g/mol. The van der Waals surface area contributed by atoms with Crippen LogP contribution in [0.2, 0.25) is 10.0 Å². The van der Waals surface area contributed by atoms with Gasteiger partial charge in [-0.05, 0) is 36.8 Å². The number of nitrogens with one attached hydrogen (secondary N) is 1. The molecule has 1 heterocycles. The molecule has 6 nitrogen and oxygen atoms in total. The van der Waals surface area contributed by atoms with Crippen LogP contribution in [0.4, 0.5) is 0 Å². The van der Waals surface area contributed by atoms with Crippen LogP contribution in [-0.4, -0.2) is 26.4 Å². The number of amides is 1. The molecule has 2 aromatic carbocycles. The zero-order chi connectivity index (χ0) is 20.6. The first-order chi connectivity index (χ1) is 14.1. The lowest BCUT2D eigenvalue weighted by Gasteiger charge is -2.10. The Kier molecular flexibility index (Phi) is 7.80. The van der Waals surface area contributed by atoms with E-state index in [1.165, 1.54) is 11.8 Å². The van der Waals surface area contributed by atoms with Gasteiger partial charge in [-0.15, -0.1) is 10.2 Å². The highest BCUT2D eigenvalue weighted by Crippen LogP contribution is 2.24. The third-order valence-corrected chi connectivity index (χ3v) is 5.57. The van der Waals surface area contributed by atoms with Crippen LogP contribution < -0.4 is 10.1 Å². The molecule has 3 aromatic rings. The van der Waals surface area contributed by atoms with E-state index in [2.05, 4.69) is 15.5 Å². The van der Waals surface area contributed by atoms with Gasteiger partial charge in [0.25, 0.3) is 0 Å². The molecule has 0 spiro atoms. The molecule has 0 unspecified atom stereocenters. The van der Waals surface area contributed by atoms with Crippen molar-refractivity contribution in [1.29, 1.82) is 0 Å². The number of hydrogen-bond donors (Lipinski definition) is 1. The summed E-state index contributed by atoms with van der Waals surface area (Å²) < 4.78 is 7.67. The van der Waals surface area contributed by atoms with Gasteiger partial charge < -0.3 is 14.6 Å². The molecular weight excluding hydrogens is 431 g/mol. The van der Waals surface area contributed by atoms with E-state index < -0.39 is 0 Å². The van der Waals surface area contributed by atoms with Crippen LogP contribution in [0, 0.1) is 0 Å². The molecule has 9 heteroatoms. The number of rotatable bonds is 9. The molecular formula is C20H20Cl2N4O2S. The Bertz CT molecular complexity index is 963. The Balaban J connectivity index is 1.52. The number of aromatic nitrogens is 3. The number of halogens is 2. The fourth-order valence-corrected chi connectivity index (χ4v) is 3.71. The van der Waals surface area contributed by atoms with Crippen molar-refractivity contribution in [2.45, 2.75) is 31.8 Å². The molecule has 29 heavy (non-hydrogen) atoms. The lowest BCUT2D eigenvalue weighted by atomic mass is 10.2. The second-order valence-corrected chi connectivity index (χ2v) is 7.84. The van der Waals surface area contributed by atoms with Gasteiger partial charge in [0.2, 0.25) is 5.91 Å². The first-order valence-corrected chi connectivity index (χ1v) is 10.7. The van der Waals surface area contributed by atoms with Gasteiger partial charge in [-0.25, -0.2) is 0 Å². The number of nitrogens with zero attached hydrogens (tertiary/aromatic N) is 3. The van der Waals surface area contributed by atoms with Gasteiger partial charge in [0, 0.05) is 18.1 Å². The van der Waals surface area contributed by atoms with Crippen LogP contribution in [0.1, 0.15) is 18.3 Å². The largest absolute Gasteiger partial charge is 0.484 e. The summed E-state index contributed by atoms with van der Waals surface area (Å²) in [6, 6.07) is 14.6. The minimum atomic E-state index is -0.0792. The Morgan fingerprint density at radius 1 is 1.14 bits per heavy atom. The van der Waals surface area contributed by atoms with E-state index in [-0.39, 0.29) is 18.3 Å². The van der Waals surface area contributed by atoms with Crippen LogP contribution in [0.25, 0.3) is 0 Å². The highest BCUT2D eigenvalue weighted by Gasteiger charge is 2.14. The fraction of sp³-hybridized carbons (Fsp3) is 0.250. The van der Waals surface area contributed by atoms with Gasteiger partial charge in [-0.2, -0.15) is 0 Å². The summed E-state index contributed by atoms with van der Waals surface area (Å²) in [5, 5.41) is 13.2. The number of carbonyl (C=O) groups excluding carboxylic acids is 1. The predicted molar refractivity (Wildman–Crippen MR) is 116 cm³/mol. The summed E-state index contributed by atoms with van der Waals surface area (Å²) in [4.78, 5) is 12.2. The lowest BCUT2D eigenvalue weighted by Crippen LogP contribution is -2.24. The minimum absolute atomic E-state index is 0.0792. The first kappa shape index (κ1) is 21.5. The van der Waals surface area contributed by atoms with Gasteiger partial charge in [0.15, 0.2) is 11.0 Å². The Morgan fingerprint density at radius 3 is 2.62 bits per heavy atom. The molecule has 1 aromatic heterocycles. The van der Waals surface area contributed by atoms with Crippen molar-refractivity contribution in [1.82, 2.24) is 20.1 Å². The van der Waals surface area contributed by atoms with Crippen LogP contribution >= 0.6 is 35.0 Å². The number of para-hydroxylation sites is 1. The molecule has 3 rings (SSSR count). The third-order valence-electron chi connectivity index (χ3n) is 4.04. The van der Waals surface area contributed by atoms with Crippen LogP contribution in [-0.2, 0) is 24.5 Å². The zero-order valence-corrected chi connectivity index (χ0v) is 18.1. The molecule has 0 aliphatic heterocycles. The number of ether oxygens (including phenoxy) is 1. The van der Waals surface area contributed by atoms with Gasteiger partial charge in [0.05, 0.1) is 10.8 Å². The normalized spacial score (nSPS) is 10.7. The van der Waals surface area contributed by atoms with E-state index in [1.54, 1.807) is 24.3 Å². The highest BCUT2D eigenvalue weighted by molar-refractivity contribution is 7.99. The van der Waals surface area contributed by atoms with E-state index >= 15 is 0 Å². The number of hydrogen-bond acceptors (Lipinski definition) is 5. The molecule has 0 saturated heterocycles. The van der Waals surface area contributed by atoms with Crippen LogP contribution in [0.5, 0.6) is 5.75 Å². The average Bonchev–Trinajstić information content (AvgIpc) is 3.13. The number of benzene rings is 2. The molecule has 0 bridgehead atoms. The number of thioether (sulfide) groups is 1. The van der Waals surface area contributed by atoms with Crippen LogP contribution in [0.15, 0.2) is 53.7 Å². The molecule has 0 saturated carbocycles. The van der Waals surface area contributed by atoms with Gasteiger partial charge in [-0.3, -0.25) is 4.79 Å². The Labute approximate surface area is 183 Å². The second kappa shape index (κ2) is 10.5. The maximum atomic E-state index is 12.2. The summed E-state index contributed by atoms with van der Waals surface area (Å²) in [7, 11) is 0. The van der Waals surface area contributed by atoms with Crippen molar-refractivity contribution in [3.05, 3.63) is 70.0 Å². The van der Waals surface area contributed by atoms with Gasteiger partial charge in [0.1, 0.15) is 12.4 Å². The summed E-state index contributed by atoms with van der Waals surface area (Å²) >= 11 is 13.3. The van der Waals surface area contributed by atoms with E-state index in [4.69, 9.17) is 27.9 Å². The topological polar surface area (TPSA) is 69.0 Å². The molecule has 152 valence electrons. The van der Waals surface area contributed by atoms with Crippen molar-refractivity contribution in [3.63, 3.8) is 0 Å². The Morgan fingerprint density at radius 2 is 1.90 bits per heavy atom.